The summed E-state index contributed by atoms with van der Waals surface area (Å²) in [7, 11) is 0. The Morgan fingerprint density at radius 1 is 1.19 bits per heavy atom. The van der Waals surface area contributed by atoms with E-state index in [1.54, 1.807) is 23.2 Å². The molecule has 7 nitrogen and oxygen atoms in total. The third kappa shape index (κ3) is 3.98. The highest BCUT2D eigenvalue weighted by atomic mass is 16.4. The lowest BCUT2D eigenvalue weighted by molar-refractivity contribution is 0.147. The molecular weight excluding hydrogens is 330 g/mol. The van der Waals surface area contributed by atoms with Gasteiger partial charge in [-0.05, 0) is 50.6 Å². The summed E-state index contributed by atoms with van der Waals surface area (Å²) >= 11 is 0. The van der Waals surface area contributed by atoms with Gasteiger partial charge in [0.25, 0.3) is 11.6 Å². The second kappa shape index (κ2) is 8.03. The summed E-state index contributed by atoms with van der Waals surface area (Å²) in [5, 5.41) is 7.92. The molecule has 3 heterocycles. The zero-order chi connectivity index (χ0) is 17.8. The van der Waals surface area contributed by atoms with Gasteiger partial charge in [0.1, 0.15) is 6.26 Å². The molecule has 2 aromatic heterocycles. The van der Waals surface area contributed by atoms with Crippen LogP contribution in [0.5, 0.6) is 0 Å². The van der Waals surface area contributed by atoms with Crippen molar-refractivity contribution in [1.82, 2.24) is 19.7 Å². The fraction of sp³-hybridized carbons (Fsp3) is 0.632. The molecule has 0 bridgehead atoms. The van der Waals surface area contributed by atoms with Crippen molar-refractivity contribution in [1.29, 1.82) is 0 Å². The van der Waals surface area contributed by atoms with Crippen LogP contribution >= 0.6 is 0 Å². The van der Waals surface area contributed by atoms with Crippen LogP contribution in [0.3, 0.4) is 0 Å². The van der Waals surface area contributed by atoms with Gasteiger partial charge in [-0.15, -0.1) is 0 Å². The molecule has 0 aromatic carbocycles. The highest BCUT2D eigenvalue weighted by molar-refractivity contribution is 5.20. The van der Waals surface area contributed by atoms with E-state index in [1.807, 2.05) is 0 Å². The number of rotatable bonds is 6. The number of aromatic nitrogens is 3. The zero-order valence-electron chi connectivity index (χ0n) is 15.2. The summed E-state index contributed by atoms with van der Waals surface area (Å²) < 4.78 is 6.93. The minimum atomic E-state index is 0.0390. The van der Waals surface area contributed by atoms with Crippen molar-refractivity contribution in [3.63, 3.8) is 0 Å². The number of likely N-dealkylation sites (tertiary alicyclic amines) is 1. The normalized spacial score (nSPS) is 20.7. The van der Waals surface area contributed by atoms with Crippen LogP contribution in [0.1, 0.15) is 43.4 Å². The molecule has 1 unspecified atom stereocenters. The maximum absolute atomic E-state index is 12.4. The lowest BCUT2D eigenvalue weighted by Gasteiger charge is -2.35. The summed E-state index contributed by atoms with van der Waals surface area (Å²) in [5.74, 6) is 0. The molecule has 26 heavy (non-hydrogen) atoms. The first-order chi connectivity index (χ1) is 12.8. The molecule has 1 saturated heterocycles. The fourth-order valence-corrected chi connectivity index (χ4v) is 4.09. The van der Waals surface area contributed by atoms with Crippen molar-refractivity contribution >= 4 is 6.01 Å². The summed E-state index contributed by atoms with van der Waals surface area (Å²) in [5.41, 5.74) is 2.32. The lowest BCUT2D eigenvalue weighted by atomic mass is 9.97. The summed E-state index contributed by atoms with van der Waals surface area (Å²) in [6, 6.07) is 2.81. The SMILES string of the molecule is O=c1cc2c(nn1CCN1CCCCC1CNc1ncco1)CCCC2. The standard InChI is InChI=1S/C19H27N5O2/c25-18-13-15-5-1-2-7-17(15)22-24(18)11-10-23-9-4-3-6-16(23)14-21-19-20-8-12-26-19/h8,12-13,16H,1-7,9-11,14H2,(H,20,21). The van der Waals surface area contributed by atoms with Crippen LogP contribution in [0.15, 0.2) is 27.7 Å². The van der Waals surface area contributed by atoms with Crippen molar-refractivity contribution in [2.75, 3.05) is 25.0 Å². The quantitative estimate of drug-likeness (QED) is 0.853. The van der Waals surface area contributed by atoms with Crippen LogP contribution < -0.4 is 10.9 Å². The highest BCUT2D eigenvalue weighted by Gasteiger charge is 2.23. The molecule has 2 aliphatic rings. The van der Waals surface area contributed by atoms with E-state index in [9.17, 15) is 4.79 Å². The van der Waals surface area contributed by atoms with E-state index in [0.29, 0.717) is 18.6 Å². The largest absolute Gasteiger partial charge is 0.432 e. The molecule has 1 atom stereocenters. The van der Waals surface area contributed by atoms with Gasteiger partial charge in [-0.2, -0.15) is 5.10 Å². The van der Waals surface area contributed by atoms with Gasteiger partial charge in [0.2, 0.25) is 0 Å². The summed E-state index contributed by atoms with van der Waals surface area (Å²) in [6.07, 6.45) is 11.2. The summed E-state index contributed by atoms with van der Waals surface area (Å²) in [6.45, 7) is 3.38. The lowest BCUT2D eigenvalue weighted by Crippen LogP contribution is -2.45. The maximum atomic E-state index is 12.4. The molecule has 0 spiro atoms. The monoisotopic (exact) mass is 357 g/mol. The van der Waals surface area contributed by atoms with Crippen LogP contribution in [-0.2, 0) is 19.4 Å². The predicted molar refractivity (Wildman–Crippen MR) is 99.3 cm³/mol. The average Bonchev–Trinajstić information content (AvgIpc) is 3.19. The Balaban J connectivity index is 1.38. The first kappa shape index (κ1) is 17.3. The van der Waals surface area contributed by atoms with Gasteiger partial charge in [-0.1, -0.05) is 6.42 Å². The van der Waals surface area contributed by atoms with Gasteiger partial charge in [-0.25, -0.2) is 9.67 Å². The molecule has 0 saturated carbocycles. The van der Waals surface area contributed by atoms with Gasteiger partial charge in [0.15, 0.2) is 0 Å². The maximum Gasteiger partial charge on any atom is 0.294 e. The van der Waals surface area contributed by atoms with E-state index in [1.165, 1.54) is 25.7 Å². The molecule has 140 valence electrons. The molecule has 1 aliphatic heterocycles. The number of oxazole rings is 1. The minimum Gasteiger partial charge on any atom is -0.432 e. The van der Waals surface area contributed by atoms with E-state index in [0.717, 1.165) is 50.2 Å². The Labute approximate surface area is 153 Å². The van der Waals surface area contributed by atoms with E-state index >= 15 is 0 Å². The molecule has 0 amide bonds. The Morgan fingerprint density at radius 3 is 3.00 bits per heavy atom. The van der Waals surface area contributed by atoms with Crippen molar-refractivity contribution in [2.24, 2.45) is 0 Å². The first-order valence-electron chi connectivity index (χ1n) is 9.77. The Bertz CT molecular complexity index is 771. The van der Waals surface area contributed by atoms with E-state index < -0.39 is 0 Å². The van der Waals surface area contributed by atoms with Crippen LogP contribution in [0, 0.1) is 0 Å². The molecule has 4 rings (SSSR count). The number of piperidine rings is 1. The van der Waals surface area contributed by atoms with Crippen LogP contribution in [0.25, 0.3) is 0 Å². The van der Waals surface area contributed by atoms with Gasteiger partial charge in [-0.3, -0.25) is 9.69 Å². The third-order valence-corrected chi connectivity index (χ3v) is 5.54. The number of aryl methyl sites for hydroxylation is 2. The first-order valence-corrected chi connectivity index (χ1v) is 9.77. The van der Waals surface area contributed by atoms with Gasteiger partial charge in [0.05, 0.1) is 18.4 Å². The molecular formula is C19H27N5O2. The molecule has 1 fully saturated rings. The van der Waals surface area contributed by atoms with Crippen molar-refractivity contribution in [3.05, 3.63) is 40.1 Å². The van der Waals surface area contributed by atoms with Gasteiger partial charge >= 0.3 is 0 Å². The number of hydrogen-bond acceptors (Lipinski definition) is 6. The van der Waals surface area contributed by atoms with Crippen LogP contribution in [0.2, 0.25) is 0 Å². The van der Waals surface area contributed by atoms with Crippen molar-refractivity contribution in [2.45, 2.75) is 57.5 Å². The highest BCUT2D eigenvalue weighted by Crippen LogP contribution is 2.19. The van der Waals surface area contributed by atoms with E-state index in [4.69, 9.17) is 4.42 Å². The minimum absolute atomic E-state index is 0.0390. The third-order valence-electron chi connectivity index (χ3n) is 5.54. The van der Waals surface area contributed by atoms with Gasteiger partial charge < -0.3 is 9.73 Å². The van der Waals surface area contributed by atoms with Crippen LogP contribution in [0.4, 0.5) is 6.01 Å². The Kier molecular flexibility index (Phi) is 5.34. The number of nitrogens with one attached hydrogen (secondary N) is 1. The fourth-order valence-electron chi connectivity index (χ4n) is 4.09. The number of anilines is 1. The summed E-state index contributed by atoms with van der Waals surface area (Å²) in [4.78, 5) is 19.0. The topological polar surface area (TPSA) is 76.2 Å². The van der Waals surface area contributed by atoms with Crippen LogP contribution in [-0.4, -0.2) is 45.3 Å². The van der Waals surface area contributed by atoms with Crippen molar-refractivity contribution in [3.8, 4) is 0 Å². The average molecular weight is 357 g/mol. The Hall–Kier alpha value is -2.15. The molecule has 7 heteroatoms. The van der Waals surface area contributed by atoms with Gasteiger partial charge in [0, 0.05) is 25.2 Å². The van der Waals surface area contributed by atoms with E-state index in [2.05, 4.69) is 20.3 Å². The predicted octanol–water partition coefficient (Wildman–Crippen LogP) is 2.08. The second-order valence-corrected chi connectivity index (χ2v) is 7.29. The number of fused-ring (bicyclic) bond motifs is 1. The zero-order valence-corrected chi connectivity index (χ0v) is 15.2. The Morgan fingerprint density at radius 2 is 2.12 bits per heavy atom. The molecule has 1 aliphatic carbocycles. The van der Waals surface area contributed by atoms with Crippen molar-refractivity contribution < 1.29 is 4.42 Å². The molecule has 1 N–H and O–H groups in total. The number of hydrogen-bond donors (Lipinski definition) is 1. The number of nitrogens with zero attached hydrogens (tertiary/aromatic N) is 4. The van der Waals surface area contributed by atoms with E-state index in [-0.39, 0.29) is 5.56 Å². The molecule has 2 aromatic rings. The second-order valence-electron chi connectivity index (χ2n) is 7.29. The molecule has 0 radical (unpaired) electrons. The smallest absolute Gasteiger partial charge is 0.294 e.